The van der Waals surface area contributed by atoms with Crippen molar-refractivity contribution in [3.05, 3.63) is 0 Å². The van der Waals surface area contributed by atoms with Gasteiger partial charge in [0.2, 0.25) is 0 Å². The van der Waals surface area contributed by atoms with Gasteiger partial charge >= 0.3 is 0 Å². The van der Waals surface area contributed by atoms with E-state index < -0.39 is 0 Å². The zero-order chi connectivity index (χ0) is 7.68. The highest BCUT2D eigenvalue weighted by Crippen LogP contribution is 2.50. The van der Waals surface area contributed by atoms with Crippen LogP contribution in [-0.4, -0.2) is 6.29 Å². The molecule has 0 radical (unpaired) electrons. The molecule has 11 heavy (non-hydrogen) atoms. The van der Waals surface area contributed by atoms with Crippen LogP contribution in [0.2, 0.25) is 0 Å². The summed E-state index contributed by atoms with van der Waals surface area (Å²) in [6.07, 6.45) is 5.46. The average Bonchev–Trinajstić information content (AvgIpc) is 2.60. The van der Waals surface area contributed by atoms with Crippen LogP contribution in [0.25, 0.3) is 0 Å². The van der Waals surface area contributed by atoms with Gasteiger partial charge in [-0.1, -0.05) is 0 Å². The lowest BCUT2D eigenvalue weighted by molar-refractivity contribution is -0.109. The van der Waals surface area contributed by atoms with Crippen LogP contribution in [0.3, 0.4) is 0 Å². The number of hydrogen-bond donors (Lipinski definition) is 0. The summed E-state index contributed by atoms with van der Waals surface area (Å²) >= 11 is 0. The van der Waals surface area contributed by atoms with Crippen LogP contribution < -0.4 is 0 Å². The van der Waals surface area contributed by atoms with Crippen LogP contribution in [0.5, 0.6) is 0 Å². The highest BCUT2D eigenvalue weighted by Gasteiger charge is 2.48. The van der Waals surface area contributed by atoms with Crippen molar-refractivity contribution in [2.24, 2.45) is 17.8 Å². The van der Waals surface area contributed by atoms with Crippen molar-refractivity contribution in [3.63, 3.8) is 0 Å². The summed E-state index contributed by atoms with van der Waals surface area (Å²) in [7, 11) is 0. The Morgan fingerprint density at radius 2 is 1.64 bits per heavy atom. The Labute approximate surface area is 67.2 Å². The van der Waals surface area contributed by atoms with Crippen molar-refractivity contribution in [1.29, 1.82) is 0 Å². The van der Waals surface area contributed by atoms with Crippen LogP contribution in [-0.2, 0) is 4.79 Å². The minimum Gasteiger partial charge on any atom is -0.303 e. The molecule has 0 aromatic heterocycles. The third-order valence-corrected chi connectivity index (χ3v) is 2.89. The Kier molecular flexibility index (Phi) is 1.69. The first kappa shape index (κ1) is 6.91. The molecule has 0 bridgehead atoms. The molecule has 0 N–H and O–H groups in total. The van der Waals surface area contributed by atoms with Crippen molar-refractivity contribution < 1.29 is 4.79 Å². The minimum atomic E-state index is 0.386. The first-order chi connectivity index (χ1) is 5.43. The van der Waals surface area contributed by atoms with E-state index in [0.717, 1.165) is 32.0 Å². The Hall–Kier alpha value is -0.770. The third kappa shape index (κ3) is 1.18. The Morgan fingerprint density at radius 1 is 1.09 bits per heavy atom. The van der Waals surface area contributed by atoms with E-state index in [-0.39, 0.29) is 0 Å². The maximum atomic E-state index is 10.5. The number of fused-ring (bicyclic) bond motifs is 1. The molecule has 0 aromatic rings. The monoisotopic (exact) mass is 148 g/mol. The normalized spacial score (nSPS) is 40.5. The van der Waals surface area contributed by atoms with Gasteiger partial charge in [-0.2, -0.15) is 0 Å². The van der Waals surface area contributed by atoms with Gasteiger partial charge in [0, 0.05) is 18.8 Å². The van der Waals surface area contributed by atoms with Gasteiger partial charge in [-0.25, -0.2) is 0 Å². The largest absolute Gasteiger partial charge is 0.303 e. The highest BCUT2D eigenvalue weighted by molar-refractivity contribution is 5.59. The van der Waals surface area contributed by atoms with Crippen LogP contribution in [0.15, 0.2) is 0 Å². The number of carbonyl (C=O) groups is 1. The van der Waals surface area contributed by atoms with Gasteiger partial charge in [0.05, 0.1) is 0 Å². The van der Waals surface area contributed by atoms with E-state index >= 15 is 0 Å². The van der Waals surface area contributed by atoms with Crippen molar-refractivity contribution in [3.8, 4) is 11.8 Å². The quantitative estimate of drug-likeness (QED) is 0.408. The predicted octanol–water partition coefficient (Wildman–Crippen LogP) is 1.62. The number of hydrogen-bond acceptors (Lipinski definition) is 1. The standard InChI is InChI=1S/C10H12O/c11-7-10-8-5-3-1-2-4-6-9(8)10/h7-10H,3-6H2. The SMILES string of the molecule is O=CC1C2CCC#CCCC12. The number of aldehydes is 1. The molecule has 0 saturated heterocycles. The summed E-state index contributed by atoms with van der Waals surface area (Å²) in [5.41, 5.74) is 0. The number of rotatable bonds is 1. The van der Waals surface area contributed by atoms with Gasteiger partial charge in [-0.05, 0) is 24.7 Å². The maximum Gasteiger partial charge on any atom is 0.123 e. The second kappa shape index (κ2) is 2.70. The second-order valence-electron chi connectivity index (χ2n) is 3.47. The molecule has 2 atom stereocenters. The molecule has 0 spiro atoms. The first-order valence-electron chi connectivity index (χ1n) is 4.34. The van der Waals surface area contributed by atoms with Gasteiger partial charge in [-0.15, -0.1) is 11.8 Å². The minimum absolute atomic E-state index is 0.386. The third-order valence-electron chi connectivity index (χ3n) is 2.89. The first-order valence-corrected chi connectivity index (χ1v) is 4.34. The van der Waals surface area contributed by atoms with E-state index in [1.54, 1.807) is 0 Å². The average molecular weight is 148 g/mol. The Morgan fingerprint density at radius 3 is 2.09 bits per heavy atom. The van der Waals surface area contributed by atoms with Crippen LogP contribution in [0.4, 0.5) is 0 Å². The fraction of sp³-hybridized carbons (Fsp3) is 0.700. The van der Waals surface area contributed by atoms with E-state index in [2.05, 4.69) is 11.8 Å². The highest BCUT2D eigenvalue weighted by atomic mass is 16.1. The smallest absolute Gasteiger partial charge is 0.123 e. The molecule has 2 aliphatic rings. The molecular weight excluding hydrogens is 136 g/mol. The lowest BCUT2D eigenvalue weighted by atomic mass is 10.1. The fourth-order valence-corrected chi connectivity index (χ4v) is 2.14. The summed E-state index contributed by atoms with van der Waals surface area (Å²) in [5, 5.41) is 0. The van der Waals surface area contributed by atoms with E-state index in [1.165, 1.54) is 0 Å². The molecule has 2 unspecified atom stereocenters. The molecule has 1 saturated carbocycles. The van der Waals surface area contributed by atoms with E-state index in [4.69, 9.17) is 0 Å². The van der Waals surface area contributed by atoms with Crippen LogP contribution >= 0.6 is 0 Å². The molecular formula is C10H12O. The maximum absolute atomic E-state index is 10.5. The summed E-state index contributed by atoms with van der Waals surface area (Å²) in [6.45, 7) is 0. The van der Waals surface area contributed by atoms with Crippen molar-refractivity contribution in [2.75, 3.05) is 0 Å². The zero-order valence-electron chi connectivity index (χ0n) is 6.55. The van der Waals surface area contributed by atoms with E-state index in [0.29, 0.717) is 17.8 Å². The lowest BCUT2D eigenvalue weighted by Crippen LogP contribution is -1.85. The molecule has 0 heterocycles. The molecule has 0 aromatic carbocycles. The topological polar surface area (TPSA) is 17.1 Å². The van der Waals surface area contributed by atoms with Gasteiger partial charge in [-0.3, -0.25) is 0 Å². The van der Waals surface area contributed by atoms with Crippen LogP contribution in [0.1, 0.15) is 25.7 Å². The lowest BCUT2D eigenvalue weighted by Gasteiger charge is -1.96. The molecule has 1 heteroatoms. The molecule has 1 nitrogen and oxygen atoms in total. The Balaban J connectivity index is 1.98. The molecule has 0 amide bonds. The van der Waals surface area contributed by atoms with Crippen molar-refractivity contribution in [1.82, 2.24) is 0 Å². The molecule has 0 aliphatic heterocycles. The molecule has 2 rings (SSSR count). The van der Waals surface area contributed by atoms with E-state index in [1.807, 2.05) is 0 Å². The van der Waals surface area contributed by atoms with Crippen molar-refractivity contribution >= 4 is 6.29 Å². The van der Waals surface area contributed by atoms with Crippen molar-refractivity contribution in [2.45, 2.75) is 25.7 Å². The van der Waals surface area contributed by atoms with Gasteiger partial charge in [0.25, 0.3) is 0 Å². The zero-order valence-corrected chi connectivity index (χ0v) is 6.55. The summed E-state index contributed by atoms with van der Waals surface area (Å²) < 4.78 is 0. The molecule has 2 aliphatic carbocycles. The summed E-state index contributed by atoms with van der Waals surface area (Å²) in [6, 6.07) is 0. The second-order valence-corrected chi connectivity index (χ2v) is 3.47. The van der Waals surface area contributed by atoms with Gasteiger partial charge in [0.1, 0.15) is 6.29 Å². The van der Waals surface area contributed by atoms with Gasteiger partial charge < -0.3 is 4.79 Å². The fourth-order valence-electron chi connectivity index (χ4n) is 2.14. The molecule has 58 valence electrons. The summed E-state index contributed by atoms with van der Waals surface area (Å²) in [5.74, 6) is 8.02. The Bertz CT molecular complexity index is 203. The van der Waals surface area contributed by atoms with Gasteiger partial charge in [0.15, 0.2) is 0 Å². The summed E-state index contributed by atoms with van der Waals surface area (Å²) in [4.78, 5) is 10.5. The predicted molar refractivity (Wildman–Crippen MR) is 42.8 cm³/mol. The van der Waals surface area contributed by atoms with E-state index in [9.17, 15) is 4.79 Å². The van der Waals surface area contributed by atoms with Crippen LogP contribution in [0, 0.1) is 29.6 Å². The molecule has 1 fully saturated rings. The number of carbonyl (C=O) groups excluding carboxylic acids is 1.